The maximum atomic E-state index is 9.92. The lowest BCUT2D eigenvalue weighted by Gasteiger charge is -2.34. The summed E-state index contributed by atoms with van der Waals surface area (Å²) >= 11 is 0. The van der Waals surface area contributed by atoms with Crippen LogP contribution in [0.1, 0.15) is 24.5 Å². The van der Waals surface area contributed by atoms with Crippen LogP contribution in [0.5, 0.6) is 0 Å². The number of benzene rings is 1. The standard InChI is InChI=1S/C16H22N2O/c1-13-7-9-18(12-16(13)19)11-15-5-2-4-14(10-15)6-3-8-17/h2,4-5,10,13,16,19H,7-9,11-12,17H2,1H3. The molecular weight excluding hydrogens is 236 g/mol. The molecule has 2 unspecified atom stereocenters. The maximum absolute atomic E-state index is 9.92. The highest BCUT2D eigenvalue weighted by atomic mass is 16.3. The van der Waals surface area contributed by atoms with Gasteiger partial charge in [-0.05, 0) is 36.6 Å². The van der Waals surface area contributed by atoms with E-state index < -0.39 is 0 Å². The number of aliphatic hydroxyl groups excluding tert-OH is 1. The van der Waals surface area contributed by atoms with Crippen molar-refractivity contribution in [3.8, 4) is 11.8 Å². The predicted octanol–water partition coefficient (Wildman–Crippen LogP) is 1.20. The van der Waals surface area contributed by atoms with Gasteiger partial charge in [0.1, 0.15) is 0 Å². The highest BCUT2D eigenvalue weighted by molar-refractivity contribution is 5.37. The first-order valence-electron chi connectivity index (χ1n) is 6.87. The van der Waals surface area contributed by atoms with E-state index in [0.29, 0.717) is 12.5 Å². The van der Waals surface area contributed by atoms with Gasteiger partial charge in [-0.1, -0.05) is 30.9 Å². The molecule has 19 heavy (non-hydrogen) atoms. The normalized spacial score (nSPS) is 23.7. The van der Waals surface area contributed by atoms with Crippen LogP contribution in [-0.4, -0.2) is 35.7 Å². The molecule has 1 saturated heterocycles. The molecule has 0 spiro atoms. The second kappa shape index (κ2) is 6.72. The SMILES string of the molecule is CC1CCN(Cc2cccc(C#CCN)c2)CC1O. The fourth-order valence-electron chi connectivity index (χ4n) is 2.42. The summed E-state index contributed by atoms with van der Waals surface area (Å²) in [4.78, 5) is 2.31. The van der Waals surface area contributed by atoms with Crippen molar-refractivity contribution >= 4 is 0 Å². The average molecular weight is 258 g/mol. The number of β-amino-alcohol motifs (C(OH)–C–C–N with tert-alkyl or cyclic N) is 1. The first-order valence-corrected chi connectivity index (χ1v) is 6.87. The first-order chi connectivity index (χ1) is 9.19. The van der Waals surface area contributed by atoms with E-state index in [1.54, 1.807) is 0 Å². The van der Waals surface area contributed by atoms with E-state index in [0.717, 1.165) is 31.6 Å². The van der Waals surface area contributed by atoms with Crippen LogP contribution in [0.2, 0.25) is 0 Å². The van der Waals surface area contributed by atoms with E-state index >= 15 is 0 Å². The van der Waals surface area contributed by atoms with Gasteiger partial charge in [0.2, 0.25) is 0 Å². The topological polar surface area (TPSA) is 49.5 Å². The minimum Gasteiger partial charge on any atom is -0.392 e. The quantitative estimate of drug-likeness (QED) is 0.784. The third-order valence-corrected chi connectivity index (χ3v) is 3.67. The van der Waals surface area contributed by atoms with E-state index in [1.807, 2.05) is 12.1 Å². The van der Waals surface area contributed by atoms with Gasteiger partial charge < -0.3 is 10.8 Å². The van der Waals surface area contributed by atoms with E-state index in [4.69, 9.17) is 5.73 Å². The highest BCUT2D eigenvalue weighted by Gasteiger charge is 2.23. The number of likely N-dealkylation sites (tertiary alicyclic amines) is 1. The molecular formula is C16H22N2O. The number of piperidine rings is 1. The van der Waals surface area contributed by atoms with Crippen molar-refractivity contribution in [2.24, 2.45) is 11.7 Å². The molecule has 1 heterocycles. The molecule has 1 fully saturated rings. The molecule has 2 rings (SSSR count). The lowest BCUT2D eigenvalue weighted by atomic mass is 9.95. The lowest BCUT2D eigenvalue weighted by Crippen LogP contribution is -2.42. The molecule has 0 aliphatic carbocycles. The van der Waals surface area contributed by atoms with Gasteiger partial charge in [-0.15, -0.1) is 0 Å². The van der Waals surface area contributed by atoms with Crippen molar-refractivity contribution in [1.29, 1.82) is 0 Å². The Morgan fingerprint density at radius 3 is 3.05 bits per heavy atom. The van der Waals surface area contributed by atoms with Crippen molar-refractivity contribution in [1.82, 2.24) is 4.90 Å². The summed E-state index contributed by atoms with van der Waals surface area (Å²) in [5.74, 6) is 6.34. The Bertz CT molecular complexity index is 475. The summed E-state index contributed by atoms with van der Waals surface area (Å²) in [7, 11) is 0. The van der Waals surface area contributed by atoms with Crippen LogP contribution in [0.3, 0.4) is 0 Å². The number of nitrogens with zero attached hydrogens (tertiary/aromatic N) is 1. The number of rotatable bonds is 2. The first kappa shape index (κ1) is 14.1. The van der Waals surface area contributed by atoms with Crippen LogP contribution in [0.25, 0.3) is 0 Å². The Morgan fingerprint density at radius 1 is 1.47 bits per heavy atom. The molecule has 102 valence electrons. The molecule has 0 saturated carbocycles. The summed E-state index contributed by atoms with van der Waals surface area (Å²) in [6, 6.07) is 8.24. The molecule has 3 heteroatoms. The molecule has 0 amide bonds. The van der Waals surface area contributed by atoms with Crippen LogP contribution in [0.15, 0.2) is 24.3 Å². The third kappa shape index (κ3) is 4.07. The van der Waals surface area contributed by atoms with E-state index in [9.17, 15) is 5.11 Å². The smallest absolute Gasteiger partial charge is 0.0693 e. The number of hydrogen-bond donors (Lipinski definition) is 2. The fourth-order valence-corrected chi connectivity index (χ4v) is 2.42. The zero-order valence-electron chi connectivity index (χ0n) is 11.5. The number of aliphatic hydroxyl groups is 1. The Kier molecular flexibility index (Phi) is 4.98. The molecule has 1 aliphatic heterocycles. The van der Waals surface area contributed by atoms with Crippen LogP contribution in [0, 0.1) is 17.8 Å². The van der Waals surface area contributed by atoms with Crippen molar-refractivity contribution < 1.29 is 5.11 Å². The van der Waals surface area contributed by atoms with Gasteiger partial charge in [-0.3, -0.25) is 4.90 Å². The molecule has 3 N–H and O–H groups in total. The molecule has 1 aliphatic rings. The van der Waals surface area contributed by atoms with E-state index in [1.165, 1.54) is 5.56 Å². The second-order valence-corrected chi connectivity index (χ2v) is 5.27. The summed E-state index contributed by atoms with van der Waals surface area (Å²) in [5, 5.41) is 9.92. The van der Waals surface area contributed by atoms with Gasteiger partial charge >= 0.3 is 0 Å². The Morgan fingerprint density at radius 2 is 2.32 bits per heavy atom. The Balaban J connectivity index is 1.99. The lowest BCUT2D eigenvalue weighted by molar-refractivity contribution is 0.0259. The molecule has 0 aromatic heterocycles. The van der Waals surface area contributed by atoms with Crippen LogP contribution < -0.4 is 5.73 Å². The minimum atomic E-state index is -0.200. The molecule has 3 nitrogen and oxygen atoms in total. The summed E-state index contributed by atoms with van der Waals surface area (Å²) in [6.45, 7) is 5.20. The van der Waals surface area contributed by atoms with Crippen LogP contribution >= 0.6 is 0 Å². The molecule has 1 aromatic rings. The van der Waals surface area contributed by atoms with Gasteiger partial charge in [0.05, 0.1) is 12.6 Å². The number of nitrogens with two attached hydrogens (primary N) is 1. The monoisotopic (exact) mass is 258 g/mol. The summed E-state index contributed by atoms with van der Waals surface area (Å²) in [6.07, 6.45) is 0.863. The zero-order valence-corrected chi connectivity index (χ0v) is 11.5. The van der Waals surface area contributed by atoms with E-state index in [-0.39, 0.29) is 6.10 Å². The van der Waals surface area contributed by atoms with Gasteiger partial charge in [0.15, 0.2) is 0 Å². The van der Waals surface area contributed by atoms with Crippen molar-refractivity contribution in [3.63, 3.8) is 0 Å². The summed E-state index contributed by atoms with van der Waals surface area (Å²) in [5.41, 5.74) is 7.63. The molecule has 2 atom stereocenters. The molecule has 1 aromatic carbocycles. The Labute approximate surface area is 115 Å². The van der Waals surface area contributed by atoms with Gasteiger partial charge in [0, 0.05) is 18.7 Å². The van der Waals surface area contributed by atoms with Gasteiger partial charge in [-0.2, -0.15) is 0 Å². The fraction of sp³-hybridized carbons (Fsp3) is 0.500. The minimum absolute atomic E-state index is 0.200. The van der Waals surface area contributed by atoms with Crippen molar-refractivity contribution in [3.05, 3.63) is 35.4 Å². The van der Waals surface area contributed by atoms with Crippen LogP contribution in [-0.2, 0) is 6.54 Å². The predicted molar refractivity (Wildman–Crippen MR) is 77.4 cm³/mol. The van der Waals surface area contributed by atoms with Crippen molar-refractivity contribution in [2.75, 3.05) is 19.6 Å². The van der Waals surface area contributed by atoms with Gasteiger partial charge in [0.25, 0.3) is 0 Å². The van der Waals surface area contributed by atoms with Gasteiger partial charge in [-0.25, -0.2) is 0 Å². The summed E-state index contributed by atoms with van der Waals surface area (Å²) < 4.78 is 0. The largest absolute Gasteiger partial charge is 0.392 e. The maximum Gasteiger partial charge on any atom is 0.0693 e. The molecule has 0 bridgehead atoms. The number of hydrogen-bond acceptors (Lipinski definition) is 3. The third-order valence-electron chi connectivity index (χ3n) is 3.67. The molecule has 0 radical (unpaired) electrons. The second-order valence-electron chi connectivity index (χ2n) is 5.27. The zero-order chi connectivity index (χ0) is 13.7. The van der Waals surface area contributed by atoms with E-state index in [2.05, 4.69) is 35.8 Å². The highest BCUT2D eigenvalue weighted by Crippen LogP contribution is 2.19. The van der Waals surface area contributed by atoms with Crippen LogP contribution in [0.4, 0.5) is 0 Å². The Hall–Kier alpha value is -1.34. The average Bonchev–Trinajstić information content (AvgIpc) is 2.41. The van der Waals surface area contributed by atoms with Crippen molar-refractivity contribution in [2.45, 2.75) is 26.0 Å².